The Morgan fingerprint density at radius 2 is 1.95 bits per heavy atom. The zero-order valence-corrected chi connectivity index (χ0v) is 12.5. The van der Waals surface area contributed by atoms with Gasteiger partial charge in [0.1, 0.15) is 0 Å². The summed E-state index contributed by atoms with van der Waals surface area (Å²) >= 11 is 0. The Hall–Kier alpha value is -1.33. The highest BCUT2D eigenvalue weighted by Gasteiger charge is 2.33. The van der Waals surface area contributed by atoms with Crippen LogP contribution in [0.3, 0.4) is 0 Å². The molecule has 2 atom stereocenters. The number of piperidine rings is 1. The van der Waals surface area contributed by atoms with Gasteiger partial charge in [-0.2, -0.15) is 0 Å². The van der Waals surface area contributed by atoms with Gasteiger partial charge in [-0.1, -0.05) is 12.1 Å². The average Bonchev–Trinajstić information content (AvgIpc) is 2.77. The summed E-state index contributed by atoms with van der Waals surface area (Å²) in [7, 11) is 0. The summed E-state index contributed by atoms with van der Waals surface area (Å²) in [4.78, 5) is 11.9. The number of para-hydroxylation sites is 1. The Balaban J connectivity index is 0.00000161. The predicted octanol–water partition coefficient (Wildman–Crippen LogP) is 2.03. The molecule has 2 heterocycles. The lowest BCUT2D eigenvalue weighted by molar-refractivity contribution is -0.124. The van der Waals surface area contributed by atoms with Crippen molar-refractivity contribution in [3.63, 3.8) is 0 Å². The first-order valence-corrected chi connectivity index (χ1v) is 7.13. The van der Waals surface area contributed by atoms with Crippen LogP contribution in [-0.2, 0) is 4.79 Å². The molecule has 1 amide bonds. The minimum atomic E-state index is -0.444. The highest BCUT2D eigenvalue weighted by molar-refractivity contribution is 5.85. The van der Waals surface area contributed by atoms with E-state index in [1.807, 2.05) is 0 Å². The maximum atomic E-state index is 13.3. The van der Waals surface area contributed by atoms with E-state index in [2.05, 4.69) is 10.6 Å². The molecule has 4 nitrogen and oxygen atoms in total. The number of ether oxygens (including phenoxy) is 1. The molecule has 2 fully saturated rings. The van der Waals surface area contributed by atoms with Crippen molar-refractivity contribution in [1.82, 2.24) is 10.6 Å². The van der Waals surface area contributed by atoms with Crippen LogP contribution in [0.4, 0.5) is 4.39 Å². The van der Waals surface area contributed by atoms with Gasteiger partial charge in [0.05, 0.1) is 0 Å². The SMILES string of the molecule is Cl.O=C(COc1ccccc1F)NC1CC2CCC(C1)N2. The number of carbonyl (C=O) groups excluding carboxylic acids is 1. The van der Waals surface area contributed by atoms with Gasteiger partial charge in [0.2, 0.25) is 0 Å². The second kappa shape index (κ2) is 7.09. The first-order chi connectivity index (χ1) is 9.70. The number of nitrogens with one attached hydrogen (secondary N) is 2. The molecular weight excluding hydrogens is 295 g/mol. The Morgan fingerprint density at radius 1 is 1.29 bits per heavy atom. The molecule has 1 aromatic carbocycles. The monoisotopic (exact) mass is 314 g/mol. The molecule has 2 saturated heterocycles. The van der Waals surface area contributed by atoms with Gasteiger partial charge < -0.3 is 15.4 Å². The molecule has 2 N–H and O–H groups in total. The first-order valence-electron chi connectivity index (χ1n) is 7.13. The number of fused-ring (bicyclic) bond motifs is 2. The molecule has 116 valence electrons. The van der Waals surface area contributed by atoms with E-state index >= 15 is 0 Å². The summed E-state index contributed by atoms with van der Waals surface area (Å²) in [6.07, 6.45) is 4.34. The van der Waals surface area contributed by atoms with Crippen molar-refractivity contribution in [3.05, 3.63) is 30.1 Å². The Bertz CT molecular complexity index is 488. The average molecular weight is 315 g/mol. The van der Waals surface area contributed by atoms with E-state index in [-0.39, 0.29) is 36.7 Å². The summed E-state index contributed by atoms with van der Waals surface area (Å²) < 4.78 is 18.6. The minimum absolute atomic E-state index is 0. The Labute approximate surface area is 129 Å². The number of hydrogen-bond donors (Lipinski definition) is 2. The highest BCUT2D eigenvalue weighted by atomic mass is 35.5. The van der Waals surface area contributed by atoms with E-state index in [0.29, 0.717) is 12.1 Å². The minimum Gasteiger partial charge on any atom is -0.481 e. The lowest BCUT2D eigenvalue weighted by Gasteiger charge is -2.29. The van der Waals surface area contributed by atoms with Gasteiger partial charge in [-0.15, -0.1) is 12.4 Å². The van der Waals surface area contributed by atoms with Crippen molar-refractivity contribution < 1.29 is 13.9 Å². The third-order valence-electron chi connectivity index (χ3n) is 4.03. The molecule has 2 aliphatic rings. The van der Waals surface area contributed by atoms with Crippen molar-refractivity contribution in [1.29, 1.82) is 0 Å². The smallest absolute Gasteiger partial charge is 0.258 e. The van der Waals surface area contributed by atoms with Crippen LogP contribution < -0.4 is 15.4 Å². The Morgan fingerprint density at radius 3 is 2.62 bits per heavy atom. The molecule has 2 unspecified atom stereocenters. The molecule has 0 saturated carbocycles. The molecule has 3 rings (SSSR count). The fourth-order valence-electron chi connectivity index (χ4n) is 3.15. The number of amides is 1. The Kier molecular flexibility index (Phi) is 5.42. The van der Waals surface area contributed by atoms with Crippen molar-refractivity contribution in [2.24, 2.45) is 0 Å². The number of benzene rings is 1. The first kappa shape index (κ1) is 16.0. The van der Waals surface area contributed by atoms with E-state index in [0.717, 1.165) is 12.8 Å². The zero-order valence-electron chi connectivity index (χ0n) is 11.7. The fourth-order valence-corrected chi connectivity index (χ4v) is 3.15. The second-order valence-electron chi connectivity index (χ2n) is 5.59. The van der Waals surface area contributed by atoms with E-state index < -0.39 is 5.82 Å². The largest absolute Gasteiger partial charge is 0.481 e. The summed E-state index contributed by atoms with van der Waals surface area (Å²) in [6, 6.07) is 7.39. The molecule has 1 aromatic rings. The molecule has 2 bridgehead atoms. The molecule has 0 spiro atoms. The van der Waals surface area contributed by atoms with Crippen LogP contribution in [-0.4, -0.2) is 30.6 Å². The van der Waals surface area contributed by atoms with Gasteiger partial charge in [0.25, 0.3) is 5.91 Å². The van der Waals surface area contributed by atoms with E-state index in [1.165, 1.54) is 25.0 Å². The van der Waals surface area contributed by atoms with Crippen LogP contribution >= 0.6 is 12.4 Å². The van der Waals surface area contributed by atoms with E-state index in [1.54, 1.807) is 12.1 Å². The summed E-state index contributed by atoms with van der Waals surface area (Å²) in [5, 5.41) is 6.51. The van der Waals surface area contributed by atoms with Gasteiger partial charge >= 0.3 is 0 Å². The summed E-state index contributed by atoms with van der Waals surface area (Å²) in [5.74, 6) is -0.507. The van der Waals surface area contributed by atoms with Crippen LogP contribution in [0.5, 0.6) is 5.75 Å². The van der Waals surface area contributed by atoms with Crippen LogP contribution in [0.1, 0.15) is 25.7 Å². The summed E-state index contributed by atoms with van der Waals surface area (Å²) in [5.41, 5.74) is 0. The van der Waals surface area contributed by atoms with Gasteiger partial charge in [0.15, 0.2) is 18.2 Å². The molecule has 0 aliphatic carbocycles. The van der Waals surface area contributed by atoms with Gasteiger partial charge in [-0.3, -0.25) is 4.79 Å². The molecule has 2 aliphatic heterocycles. The lowest BCUT2D eigenvalue weighted by atomic mass is 10.00. The second-order valence-corrected chi connectivity index (χ2v) is 5.59. The van der Waals surface area contributed by atoms with Gasteiger partial charge in [0, 0.05) is 18.1 Å². The topological polar surface area (TPSA) is 50.4 Å². The third kappa shape index (κ3) is 4.08. The van der Waals surface area contributed by atoms with E-state index in [9.17, 15) is 9.18 Å². The zero-order chi connectivity index (χ0) is 13.9. The number of halogens is 2. The fraction of sp³-hybridized carbons (Fsp3) is 0.533. The maximum Gasteiger partial charge on any atom is 0.258 e. The number of carbonyl (C=O) groups is 1. The van der Waals surface area contributed by atoms with Crippen LogP contribution in [0.25, 0.3) is 0 Å². The maximum absolute atomic E-state index is 13.3. The lowest BCUT2D eigenvalue weighted by Crippen LogP contribution is -2.48. The predicted molar refractivity (Wildman–Crippen MR) is 80.3 cm³/mol. The third-order valence-corrected chi connectivity index (χ3v) is 4.03. The quantitative estimate of drug-likeness (QED) is 0.894. The van der Waals surface area contributed by atoms with Crippen molar-refractivity contribution in [2.75, 3.05) is 6.61 Å². The van der Waals surface area contributed by atoms with Crippen LogP contribution in [0, 0.1) is 5.82 Å². The standard InChI is InChI=1S/C15H19FN2O2.ClH/c16-13-3-1-2-4-14(13)20-9-15(19)18-12-7-10-5-6-11(8-12)17-10;/h1-4,10-12,17H,5-9H2,(H,18,19);1H. The number of hydrogen-bond acceptors (Lipinski definition) is 3. The van der Waals surface area contributed by atoms with Gasteiger partial charge in [-0.05, 0) is 37.8 Å². The van der Waals surface area contributed by atoms with Gasteiger partial charge in [-0.25, -0.2) is 4.39 Å². The molecule has 21 heavy (non-hydrogen) atoms. The van der Waals surface area contributed by atoms with Crippen molar-refractivity contribution in [3.8, 4) is 5.75 Å². The van der Waals surface area contributed by atoms with Crippen molar-refractivity contribution in [2.45, 2.75) is 43.8 Å². The van der Waals surface area contributed by atoms with Crippen LogP contribution in [0.15, 0.2) is 24.3 Å². The molecule has 0 aromatic heterocycles. The van der Waals surface area contributed by atoms with Crippen LogP contribution in [0.2, 0.25) is 0 Å². The summed E-state index contributed by atoms with van der Waals surface area (Å²) in [6.45, 7) is -0.139. The molecule has 0 radical (unpaired) electrons. The molecule has 6 heteroatoms. The normalized spacial score (nSPS) is 26.8. The highest BCUT2D eigenvalue weighted by Crippen LogP contribution is 2.26. The van der Waals surface area contributed by atoms with E-state index in [4.69, 9.17) is 4.74 Å². The molecular formula is C15H20ClFN2O2. The number of rotatable bonds is 4. The van der Waals surface area contributed by atoms with Crippen molar-refractivity contribution >= 4 is 18.3 Å².